The number of benzene rings is 1. The molecule has 0 radical (unpaired) electrons. The van der Waals surface area contributed by atoms with Gasteiger partial charge in [0.15, 0.2) is 0 Å². The van der Waals surface area contributed by atoms with Crippen molar-refractivity contribution in [2.24, 2.45) is 0 Å². The summed E-state index contributed by atoms with van der Waals surface area (Å²) in [5.41, 5.74) is 1.36. The summed E-state index contributed by atoms with van der Waals surface area (Å²) in [4.78, 5) is 15.2. The number of likely N-dealkylation sites (N-methyl/N-ethyl adjacent to an activating group) is 2. The van der Waals surface area contributed by atoms with Gasteiger partial charge in [0.2, 0.25) is 5.91 Å². The molecule has 1 amide bonds. The topological polar surface area (TPSA) is 47.3 Å². The maximum absolute atomic E-state index is 11.8. The van der Waals surface area contributed by atoms with Crippen LogP contribution in [0.15, 0.2) is 22.7 Å². The van der Waals surface area contributed by atoms with Crippen molar-refractivity contribution in [2.45, 2.75) is 6.92 Å². The predicted molar refractivity (Wildman–Crippen MR) is 75.4 cm³/mol. The molecular weight excluding hydrogens is 294 g/mol. The number of amides is 1. The van der Waals surface area contributed by atoms with Crippen molar-refractivity contribution in [3.8, 4) is 6.07 Å². The minimum atomic E-state index is 0.0146. The largest absolute Gasteiger partial charge is 0.361 e. The lowest BCUT2D eigenvalue weighted by molar-refractivity contribution is -0.127. The molecule has 0 fully saturated rings. The second kappa shape index (κ2) is 6.41. The van der Waals surface area contributed by atoms with E-state index in [-0.39, 0.29) is 12.5 Å². The zero-order chi connectivity index (χ0) is 13.7. The number of halogens is 1. The lowest BCUT2D eigenvalue weighted by atomic mass is 10.1. The van der Waals surface area contributed by atoms with Gasteiger partial charge >= 0.3 is 0 Å². The van der Waals surface area contributed by atoms with Gasteiger partial charge in [-0.15, -0.1) is 0 Å². The number of nitrogens with zero attached hydrogens (tertiary/aromatic N) is 3. The molecule has 0 aromatic heterocycles. The highest BCUT2D eigenvalue weighted by Crippen LogP contribution is 2.24. The Balaban J connectivity index is 3.05. The first-order valence-corrected chi connectivity index (χ1v) is 6.43. The molecule has 0 aliphatic carbocycles. The van der Waals surface area contributed by atoms with E-state index < -0.39 is 0 Å². The van der Waals surface area contributed by atoms with Crippen LogP contribution < -0.4 is 4.90 Å². The van der Waals surface area contributed by atoms with E-state index in [2.05, 4.69) is 22.0 Å². The first-order valence-electron chi connectivity index (χ1n) is 5.64. The number of nitriles is 1. The van der Waals surface area contributed by atoms with E-state index >= 15 is 0 Å². The first-order chi connectivity index (χ1) is 8.49. The molecule has 96 valence electrons. The number of anilines is 1. The molecule has 5 heteroatoms. The predicted octanol–water partition coefficient (Wildman–Crippen LogP) is 2.24. The van der Waals surface area contributed by atoms with Crippen LogP contribution in [0.3, 0.4) is 0 Å². The van der Waals surface area contributed by atoms with E-state index in [0.717, 1.165) is 10.2 Å². The van der Waals surface area contributed by atoms with Gasteiger partial charge in [0.1, 0.15) is 6.07 Å². The average Bonchev–Trinajstić information content (AvgIpc) is 2.35. The van der Waals surface area contributed by atoms with Gasteiger partial charge in [-0.05, 0) is 25.1 Å². The van der Waals surface area contributed by atoms with Crippen molar-refractivity contribution >= 4 is 27.5 Å². The third-order valence-corrected chi connectivity index (χ3v) is 3.12. The second-order valence-electron chi connectivity index (χ2n) is 4.08. The average molecular weight is 310 g/mol. The molecular formula is C13H16BrN3O. The number of carbonyl (C=O) groups is 1. The number of hydrogen-bond donors (Lipinski definition) is 0. The monoisotopic (exact) mass is 309 g/mol. The van der Waals surface area contributed by atoms with Crippen molar-refractivity contribution in [1.29, 1.82) is 5.26 Å². The van der Waals surface area contributed by atoms with Crippen LogP contribution in [0, 0.1) is 11.3 Å². The van der Waals surface area contributed by atoms with Crippen LogP contribution in [0.2, 0.25) is 0 Å². The number of carbonyl (C=O) groups excluding carboxylic acids is 1. The van der Waals surface area contributed by atoms with Crippen molar-refractivity contribution in [3.63, 3.8) is 0 Å². The lowest BCUT2D eigenvalue weighted by Crippen LogP contribution is -2.36. The van der Waals surface area contributed by atoms with E-state index in [4.69, 9.17) is 5.26 Å². The summed E-state index contributed by atoms with van der Waals surface area (Å²) < 4.78 is 0.896. The maximum atomic E-state index is 11.8. The van der Waals surface area contributed by atoms with Crippen LogP contribution in [-0.2, 0) is 4.79 Å². The molecule has 18 heavy (non-hydrogen) atoms. The van der Waals surface area contributed by atoms with E-state index in [0.29, 0.717) is 12.1 Å². The van der Waals surface area contributed by atoms with Gasteiger partial charge in [0, 0.05) is 25.1 Å². The van der Waals surface area contributed by atoms with Gasteiger partial charge < -0.3 is 9.80 Å². The molecule has 1 rings (SSSR count). The fraction of sp³-hybridized carbons (Fsp3) is 0.385. The molecule has 0 N–H and O–H groups in total. The van der Waals surface area contributed by atoms with Crippen molar-refractivity contribution in [1.82, 2.24) is 4.90 Å². The fourth-order valence-corrected chi connectivity index (χ4v) is 1.88. The van der Waals surface area contributed by atoms with Crippen LogP contribution in [0.25, 0.3) is 0 Å². The van der Waals surface area contributed by atoms with Crippen LogP contribution in [-0.4, -0.2) is 38.0 Å². The summed E-state index contributed by atoms with van der Waals surface area (Å²) in [7, 11) is 3.45. The van der Waals surface area contributed by atoms with Crippen LogP contribution in [0.1, 0.15) is 12.5 Å². The highest BCUT2D eigenvalue weighted by molar-refractivity contribution is 9.10. The van der Waals surface area contributed by atoms with Crippen molar-refractivity contribution in [2.75, 3.05) is 32.1 Å². The molecule has 1 aromatic rings. The van der Waals surface area contributed by atoms with Crippen LogP contribution >= 0.6 is 15.9 Å². The summed E-state index contributed by atoms with van der Waals surface area (Å²) in [5.74, 6) is 0.0146. The van der Waals surface area contributed by atoms with E-state index in [1.165, 1.54) is 0 Å². The summed E-state index contributed by atoms with van der Waals surface area (Å²) in [6.45, 7) is 2.91. The molecule has 0 atom stereocenters. The standard InChI is InChI=1S/C13H16BrN3O/c1-4-17(9-13(18)16(2)3)12-7-11(14)6-5-10(12)8-15/h5-7H,4,9H2,1-3H3. The van der Waals surface area contributed by atoms with Gasteiger partial charge in [0.05, 0.1) is 17.8 Å². The van der Waals surface area contributed by atoms with E-state index in [1.54, 1.807) is 25.1 Å². The van der Waals surface area contributed by atoms with Gasteiger partial charge in [-0.3, -0.25) is 4.79 Å². The molecule has 0 bridgehead atoms. The normalized spacial score (nSPS) is 9.72. The quantitative estimate of drug-likeness (QED) is 0.857. The zero-order valence-corrected chi connectivity index (χ0v) is 12.4. The summed E-state index contributed by atoms with van der Waals surface area (Å²) in [6, 6.07) is 7.59. The molecule has 0 heterocycles. The molecule has 0 spiro atoms. The summed E-state index contributed by atoms with van der Waals surface area (Å²) >= 11 is 3.39. The van der Waals surface area contributed by atoms with E-state index in [9.17, 15) is 4.79 Å². The molecule has 0 aliphatic rings. The minimum absolute atomic E-state index is 0.0146. The van der Waals surface area contributed by atoms with Gasteiger partial charge in [-0.1, -0.05) is 15.9 Å². The van der Waals surface area contributed by atoms with Gasteiger partial charge in [-0.2, -0.15) is 5.26 Å². The Hall–Kier alpha value is -1.54. The van der Waals surface area contributed by atoms with Crippen molar-refractivity contribution in [3.05, 3.63) is 28.2 Å². The Morgan fingerprint density at radius 1 is 1.44 bits per heavy atom. The first kappa shape index (κ1) is 14.5. The Morgan fingerprint density at radius 3 is 2.61 bits per heavy atom. The summed E-state index contributed by atoms with van der Waals surface area (Å²) in [6.07, 6.45) is 0. The highest BCUT2D eigenvalue weighted by atomic mass is 79.9. The van der Waals surface area contributed by atoms with Crippen molar-refractivity contribution < 1.29 is 4.79 Å². The third kappa shape index (κ3) is 3.47. The number of rotatable bonds is 4. The molecule has 4 nitrogen and oxygen atoms in total. The molecule has 0 saturated carbocycles. The molecule has 1 aromatic carbocycles. The van der Waals surface area contributed by atoms with Gasteiger partial charge in [0.25, 0.3) is 0 Å². The highest BCUT2D eigenvalue weighted by Gasteiger charge is 2.15. The molecule has 0 aliphatic heterocycles. The van der Waals surface area contributed by atoms with Gasteiger partial charge in [-0.25, -0.2) is 0 Å². The minimum Gasteiger partial charge on any atom is -0.361 e. The smallest absolute Gasteiger partial charge is 0.241 e. The summed E-state index contributed by atoms with van der Waals surface area (Å²) in [5, 5.41) is 9.11. The van der Waals surface area contributed by atoms with Crippen LogP contribution in [0.4, 0.5) is 5.69 Å². The SMILES string of the molecule is CCN(CC(=O)N(C)C)c1cc(Br)ccc1C#N. The Labute approximate surface area is 116 Å². The zero-order valence-electron chi connectivity index (χ0n) is 10.8. The molecule has 0 saturated heterocycles. The second-order valence-corrected chi connectivity index (χ2v) is 4.99. The maximum Gasteiger partial charge on any atom is 0.241 e. The third-order valence-electron chi connectivity index (χ3n) is 2.63. The fourth-order valence-electron chi connectivity index (χ4n) is 1.53. The van der Waals surface area contributed by atoms with E-state index in [1.807, 2.05) is 24.0 Å². The Bertz CT molecular complexity index is 480. The molecule has 0 unspecified atom stereocenters. The lowest BCUT2D eigenvalue weighted by Gasteiger charge is -2.25. The van der Waals surface area contributed by atoms with Crippen LogP contribution in [0.5, 0.6) is 0 Å². The Kier molecular flexibility index (Phi) is 5.17. The Morgan fingerprint density at radius 2 is 2.11 bits per heavy atom. The number of hydrogen-bond acceptors (Lipinski definition) is 3.